The van der Waals surface area contributed by atoms with E-state index in [0.717, 1.165) is 17.8 Å². The molecule has 0 bridgehead atoms. The number of aryl methyl sites for hydroxylation is 1. The van der Waals surface area contributed by atoms with Crippen LogP contribution in [0.5, 0.6) is 0 Å². The molecular formula is C21H18N4O. The molecule has 0 saturated carbocycles. The van der Waals surface area contributed by atoms with Gasteiger partial charge in [-0.15, -0.1) is 0 Å². The molecule has 2 aromatic carbocycles. The summed E-state index contributed by atoms with van der Waals surface area (Å²) in [6.45, 7) is 2.10. The highest BCUT2D eigenvalue weighted by Gasteiger charge is 2.10. The number of carbonyl (C=O) groups is 1. The Balaban J connectivity index is 1.73. The van der Waals surface area contributed by atoms with E-state index in [-0.39, 0.29) is 11.6 Å². The molecule has 0 aliphatic rings. The van der Waals surface area contributed by atoms with Gasteiger partial charge >= 0.3 is 0 Å². The van der Waals surface area contributed by atoms with Crippen molar-refractivity contribution in [2.75, 3.05) is 10.6 Å². The summed E-state index contributed by atoms with van der Waals surface area (Å²) in [7, 11) is 0. The first-order valence-corrected chi connectivity index (χ1v) is 8.32. The molecule has 0 saturated heterocycles. The second kappa shape index (κ2) is 7.95. The Morgan fingerprint density at radius 1 is 1.04 bits per heavy atom. The molecule has 0 aliphatic heterocycles. The van der Waals surface area contributed by atoms with E-state index in [1.165, 1.54) is 5.56 Å². The second-order valence-corrected chi connectivity index (χ2v) is 5.68. The maximum Gasteiger partial charge on any atom is 0.274 e. The van der Waals surface area contributed by atoms with Crippen LogP contribution in [0.1, 0.15) is 28.5 Å². The topological polar surface area (TPSA) is 77.8 Å². The van der Waals surface area contributed by atoms with Crippen LogP contribution in [0.2, 0.25) is 0 Å². The molecule has 5 nitrogen and oxygen atoms in total. The lowest BCUT2D eigenvalue weighted by molar-refractivity contribution is 0.102. The van der Waals surface area contributed by atoms with E-state index in [9.17, 15) is 4.79 Å². The molecule has 3 rings (SSSR count). The highest BCUT2D eigenvalue weighted by molar-refractivity contribution is 6.03. The third-order valence-corrected chi connectivity index (χ3v) is 3.97. The summed E-state index contributed by atoms with van der Waals surface area (Å²) in [6.07, 6.45) is 2.55. The van der Waals surface area contributed by atoms with Crippen molar-refractivity contribution < 1.29 is 4.79 Å². The lowest BCUT2D eigenvalue weighted by atomic mass is 10.1. The van der Waals surface area contributed by atoms with Crippen molar-refractivity contribution in [2.45, 2.75) is 13.3 Å². The molecule has 5 heteroatoms. The van der Waals surface area contributed by atoms with Gasteiger partial charge in [0.1, 0.15) is 11.8 Å². The van der Waals surface area contributed by atoms with Crippen LogP contribution in [0.4, 0.5) is 17.1 Å². The molecule has 0 radical (unpaired) electrons. The van der Waals surface area contributed by atoms with E-state index in [1.807, 2.05) is 24.3 Å². The number of nitrogens with zero attached hydrogens (tertiary/aromatic N) is 2. The van der Waals surface area contributed by atoms with Crippen molar-refractivity contribution in [1.82, 2.24) is 4.98 Å². The number of pyridine rings is 1. The molecule has 1 aromatic heterocycles. The summed E-state index contributed by atoms with van der Waals surface area (Å²) in [6, 6.07) is 20.4. The number of benzene rings is 2. The van der Waals surface area contributed by atoms with Gasteiger partial charge in [0, 0.05) is 5.69 Å². The molecular weight excluding hydrogens is 324 g/mol. The molecule has 0 unspecified atom stereocenters. The number of nitriles is 1. The van der Waals surface area contributed by atoms with Gasteiger partial charge < -0.3 is 10.6 Å². The number of hydrogen-bond donors (Lipinski definition) is 2. The van der Waals surface area contributed by atoms with Crippen molar-refractivity contribution in [3.63, 3.8) is 0 Å². The van der Waals surface area contributed by atoms with Gasteiger partial charge in [0.25, 0.3) is 5.91 Å². The Bertz CT molecular complexity index is 958. The maximum atomic E-state index is 12.3. The van der Waals surface area contributed by atoms with E-state index in [1.54, 1.807) is 36.5 Å². The summed E-state index contributed by atoms with van der Waals surface area (Å²) in [5.74, 6) is -0.354. The zero-order valence-corrected chi connectivity index (χ0v) is 14.4. The van der Waals surface area contributed by atoms with Gasteiger partial charge in [0.05, 0.1) is 23.1 Å². The van der Waals surface area contributed by atoms with Gasteiger partial charge in [-0.2, -0.15) is 5.26 Å². The highest BCUT2D eigenvalue weighted by Crippen LogP contribution is 2.21. The standard InChI is InChI=1S/C21H18N4O/c1-2-15-7-3-5-9-18(15)24-17-11-12-20(23-14-17)21(26)25-19-10-6-4-8-16(19)13-22/h3-12,14,24H,2H2,1H3,(H,25,26). The smallest absolute Gasteiger partial charge is 0.274 e. The van der Waals surface area contributed by atoms with E-state index in [2.05, 4.69) is 34.7 Å². The fourth-order valence-electron chi connectivity index (χ4n) is 2.58. The molecule has 1 amide bonds. The van der Waals surface area contributed by atoms with Gasteiger partial charge in [-0.1, -0.05) is 37.3 Å². The molecule has 128 valence electrons. The molecule has 0 fully saturated rings. The van der Waals surface area contributed by atoms with Crippen LogP contribution in [0.3, 0.4) is 0 Å². The minimum absolute atomic E-state index is 0.284. The Hall–Kier alpha value is -3.65. The number of para-hydroxylation sites is 2. The van der Waals surface area contributed by atoms with Crippen LogP contribution in [-0.4, -0.2) is 10.9 Å². The van der Waals surface area contributed by atoms with Gasteiger partial charge in [0.15, 0.2) is 0 Å². The van der Waals surface area contributed by atoms with Crippen LogP contribution >= 0.6 is 0 Å². The largest absolute Gasteiger partial charge is 0.354 e. The number of nitrogens with one attached hydrogen (secondary N) is 2. The third-order valence-electron chi connectivity index (χ3n) is 3.97. The summed E-state index contributed by atoms with van der Waals surface area (Å²) < 4.78 is 0. The van der Waals surface area contributed by atoms with E-state index in [4.69, 9.17) is 5.26 Å². The summed E-state index contributed by atoms with van der Waals surface area (Å²) in [5, 5.41) is 15.1. The highest BCUT2D eigenvalue weighted by atomic mass is 16.1. The first kappa shape index (κ1) is 17.2. The summed E-state index contributed by atoms with van der Waals surface area (Å²) in [4.78, 5) is 16.6. The molecule has 0 atom stereocenters. The normalized spacial score (nSPS) is 10.0. The zero-order chi connectivity index (χ0) is 18.4. The van der Waals surface area contributed by atoms with Crippen molar-refractivity contribution in [3.05, 3.63) is 83.7 Å². The molecule has 1 heterocycles. The van der Waals surface area contributed by atoms with Gasteiger partial charge in [0.2, 0.25) is 0 Å². The number of anilines is 3. The second-order valence-electron chi connectivity index (χ2n) is 5.68. The van der Waals surface area contributed by atoms with Crippen LogP contribution < -0.4 is 10.6 Å². The van der Waals surface area contributed by atoms with E-state index in [0.29, 0.717) is 11.3 Å². The third kappa shape index (κ3) is 3.87. The number of amides is 1. The van der Waals surface area contributed by atoms with Gasteiger partial charge in [-0.25, -0.2) is 4.98 Å². The van der Waals surface area contributed by atoms with Crippen molar-refractivity contribution in [1.29, 1.82) is 5.26 Å². The Kier molecular flexibility index (Phi) is 5.25. The van der Waals surface area contributed by atoms with Crippen LogP contribution in [0, 0.1) is 11.3 Å². The molecule has 26 heavy (non-hydrogen) atoms. The number of aromatic nitrogens is 1. The number of carbonyl (C=O) groups excluding carboxylic acids is 1. The summed E-state index contributed by atoms with van der Waals surface area (Å²) >= 11 is 0. The monoisotopic (exact) mass is 342 g/mol. The minimum Gasteiger partial charge on any atom is -0.354 e. The first-order valence-electron chi connectivity index (χ1n) is 8.32. The predicted molar refractivity (Wildman–Crippen MR) is 102 cm³/mol. The minimum atomic E-state index is -0.354. The Morgan fingerprint density at radius 3 is 2.46 bits per heavy atom. The summed E-state index contributed by atoms with van der Waals surface area (Å²) in [5.41, 5.74) is 4.21. The molecule has 3 aromatic rings. The average Bonchev–Trinajstić information content (AvgIpc) is 2.69. The average molecular weight is 342 g/mol. The lowest BCUT2D eigenvalue weighted by Crippen LogP contribution is -2.14. The fourth-order valence-corrected chi connectivity index (χ4v) is 2.58. The van der Waals surface area contributed by atoms with Crippen molar-refractivity contribution in [2.24, 2.45) is 0 Å². The molecule has 0 aliphatic carbocycles. The number of rotatable bonds is 5. The fraction of sp³-hybridized carbons (Fsp3) is 0.0952. The SMILES string of the molecule is CCc1ccccc1Nc1ccc(C(=O)Nc2ccccc2C#N)nc1. The van der Waals surface area contributed by atoms with Crippen LogP contribution in [-0.2, 0) is 6.42 Å². The van der Waals surface area contributed by atoms with Gasteiger partial charge in [-0.3, -0.25) is 4.79 Å². The quantitative estimate of drug-likeness (QED) is 0.715. The predicted octanol–water partition coefficient (Wildman–Crippen LogP) is 4.51. The Morgan fingerprint density at radius 2 is 1.77 bits per heavy atom. The van der Waals surface area contributed by atoms with Gasteiger partial charge in [-0.05, 0) is 42.3 Å². The van der Waals surface area contributed by atoms with Crippen molar-refractivity contribution >= 4 is 23.0 Å². The van der Waals surface area contributed by atoms with Crippen molar-refractivity contribution in [3.8, 4) is 6.07 Å². The van der Waals surface area contributed by atoms with E-state index < -0.39 is 0 Å². The molecule has 0 spiro atoms. The number of hydrogen-bond acceptors (Lipinski definition) is 4. The lowest BCUT2D eigenvalue weighted by Gasteiger charge is -2.11. The first-order chi connectivity index (χ1) is 12.7. The van der Waals surface area contributed by atoms with Crippen LogP contribution in [0.15, 0.2) is 66.9 Å². The zero-order valence-electron chi connectivity index (χ0n) is 14.4. The maximum absolute atomic E-state index is 12.3. The van der Waals surface area contributed by atoms with E-state index >= 15 is 0 Å². The molecule has 2 N–H and O–H groups in total. The van der Waals surface area contributed by atoms with Crippen LogP contribution in [0.25, 0.3) is 0 Å². The Labute approximate surface area is 152 Å².